The maximum atomic E-state index is 2.56. The predicted octanol–water partition coefficient (Wildman–Crippen LogP) is 11.5. The Morgan fingerprint density at radius 1 is 0.383 bits per heavy atom. The second-order valence-electron chi connectivity index (χ2n) is 15.4. The molecule has 0 amide bonds. The zero-order chi connectivity index (χ0) is 31.7. The van der Waals surface area contributed by atoms with Crippen molar-refractivity contribution < 1.29 is 0 Å². The van der Waals surface area contributed by atoms with E-state index in [9.17, 15) is 0 Å². The fourth-order valence-electron chi connectivity index (χ4n) is 10.0. The van der Waals surface area contributed by atoms with Crippen LogP contribution in [-0.2, 0) is 16.2 Å². The van der Waals surface area contributed by atoms with Crippen LogP contribution in [-0.4, -0.2) is 9.13 Å². The maximum absolute atomic E-state index is 2.56. The van der Waals surface area contributed by atoms with Crippen molar-refractivity contribution in [3.8, 4) is 11.4 Å². The molecule has 0 fully saturated rings. The second kappa shape index (κ2) is 9.04. The monoisotopic (exact) mass is 606 g/mol. The molecule has 2 aliphatic rings. The summed E-state index contributed by atoms with van der Waals surface area (Å²) in [5.74, 6) is 0. The highest BCUT2D eigenvalue weighted by atomic mass is 15.0. The smallest absolute Gasteiger partial charge is 0.0541 e. The summed E-state index contributed by atoms with van der Waals surface area (Å²) < 4.78 is 4.97. The molecule has 0 unspecified atom stereocenters. The molecule has 0 saturated carbocycles. The van der Waals surface area contributed by atoms with E-state index in [-0.39, 0.29) is 16.2 Å². The third kappa shape index (κ3) is 3.51. The maximum Gasteiger partial charge on any atom is 0.0541 e. The Hall–Kier alpha value is -5.08. The molecule has 0 radical (unpaired) electrons. The van der Waals surface area contributed by atoms with E-state index in [1.807, 2.05) is 0 Å². The minimum atomic E-state index is -0.0682. The van der Waals surface area contributed by atoms with E-state index in [2.05, 4.69) is 170 Å². The molecule has 0 atom stereocenters. The summed E-state index contributed by atoms with van der Waals surface area (Å²) in [6.07, 6.45) is 2.22. The SMILES string of the molecule is CC1(C)CC2(CC(C)(C)c3ccc(-n4c5ccccc5c5ccccc54)cc32)c2cc(-n3c4ccccc4c4ccccc43)ccc21. The van der Waals surface area contributed by atoms with E-state index in [1.54, 1.807) is 0 Å². The molecular weight excluding hydrogens is 569 g/mol. The van der Waals surface area contributed by atoms with Gasteiger partial charge in [-0.1, -0.05) is 113 Å². The summed E-state index contributed by atoms with van der Waals surface area (Å²) in [7, 11) is 0. The number of hydrogen-bond donors (Lipinski definition) is 0. The van der Waals surface area contributed by atoms with Crippen LogP contribution in [0.1, 0.15) is 62.8 Å². The summed E-state index contributed by atoms with van der Waals surface area (Å²) in [5, 5.41) is 5.23. The van der Waals surface area contributed by atoms with Crippen molar-refractivity contribution >= 4 is 43.6 Å². The minimum absolute atomic E-state index is 0.0647. The van der Waals surface area contributed by atoms with Crippen molar-refractivity contribution in [1.82, 2.24) is 9.13 Å². The van der Waals surface area contributed by atoms with Gasteiger partial charge in [0.05, 0.1) is 22.1 Å². The predicted molar refractivity (Wildman–Crippen MR) is 198 cm³/mol. The minimum Gasteiger partial charge on any atom is -0.309 e. The van der Waals surface area contributed by atoms with Gasteiger partial charge in [0.2, 0.25) is 0 Å². The molecular formula is C45H38N2. The lowest BCUT2D eigenvalue weighted by Crippen LogP contribution is -2.27. The number of rotatable bonds is 2. The fourth-order valence-corrected chi connectivity index (χ4v) is 10.0. The average molecular weight is 607 g/mol. The molecule has 2 aliphatic carbocycles. The first-order valence-corrected chi connectivity index (χ1v) is 17.0. The topological polar surface area (TPSA) is 9.86 Å². The van der Waals surface area contributed by atoms with Crippen LogP contribution in [0.15, 0.2) is 133 Å². The van der Waals surface area contributed by atoms with Crippen LogP contribution in [0.2, 0.25) is 0 Å². The lowest BCUT2D eigenvalue weighted by Gasteiger charge is -2.31. The van der Waals surface area contributed by atoms with Gasteiger partial charge in [-0.15, -0.1) is 0 Å². The molecule has 2 nitrogen and oxygen atoms in total. The standard InChI is InChI=1S/C45H38N2/c1-43(2)27-45(37-25-29(21-23-35(37)43)46-39-17-9-5-13-31(39)32-14-6-10-18-40(32)46)28-44(3,4)36-24-22-30(26-38(36)45)47-41-19-11-7-15-33(41)34-16-8-12-20-42(34)47/h5-26H,27-28H2,1-4H3. The number of nitrogens with zero attached hydrogens (tertiary/aromatic N) is 2. The van der Waals surface area contributed by atoms with Gasteiger partial charge in [-0.25, -0.2) is 0 Å². The van der Waals surface area contributed by atoms with E-state index in [0.717, 1.165) is 12.8 Å². The highest BCUT2D eigenvalue weighted by Gasteiger charge is 2.56. The van der Waals surface area contributed by atoms with Gasteiger partial charge in [0.15, 0.2) is 0 Å². The third-order valence-corrected chi connectivity index (χ3v) is 11.7. The normalized spacial score (nSPS) is 17.3. The molecule has 0 aliphatic heterocycles. The van der Waals surface area contributed by atoms with Crippen LogP contribution in [0.4, 0.5) is 0 Å². The van der Waals surface area contributed by atoms with Crippen molar-refractivity contribution in [3.63, 3.8) is 0 Å². The van der Waals surface area contributed by atoms with Gasteiger partial charge < -0.3 is 9.13 Å². The summed E-state index contributed by atoms with van der Waals surface area (Å²) in [4.78, 5) is 0. The van der Waals surface area contributed by atoms with Crippen molar-refractivity contribution in [3.05, 3.63) is 156 Å². The van der Waals surface area contributed by atoms with E-state index in [4.69, 9.17) is 0 Å². The quantitative estimate of drug-likeness (QED) is 0.185. The highest BCUT2D eigenvalue weighted by molar-refractivity contribution is 6.10. The van der Waals surface area contributed by atoms with Crippen molar-refractivity contribution in [2.24, 2.45) is 0 Å². The van der Waals surface area contributed by atoms with Crippen LogP contribution >= 0.6 is 0 Å². The Bertz CT molecular complexity index is 2300. The molecule has 0 N–H and O–H groups in total. The van der Waals surface area contributed by atoms with E-state index < -0.39 is 0 Å². The molecule has 47 heavy (non-hydrogen) atoms. The average Bonchev–Trinajstić information content (AvgIpc) is 3.74. The van der Waals surface area contributed by atoms with Gasteiger partial charge in [0.25, 0.3) is 0 Å². The summed E-state index contributed by atoms with van der Waals surface area (Å²) >= 11 is 0. The first-order valence-electron chi connectivity index (χ1n) is 17.0. The van der Waals surface area contributed by atoms with Crippen molar-refractivity contribution in [1.29, 1.82) is 0 Å². The van der Waals surface area contributed by atoms with Crippen molar-refractivity contribution in [2.45, 2.75) is 56.8 Å². The van der Waals surface area contributed by atoms with E-state index in [0.29, 0.717) is 0 Å². The lowest BCUT2D eigenvalue weighted by atomic mass is 9.72. The zero-order valence-electron chi connectivity index (χ0n) is 27.5. The first-order chi connectivity index (χ1) is 22.8. The van der Waals surface area contributed by atoms with Crippen LogP contribution in [0.5, 0.6) is 0 Å². The van der Waals surface area contributed by atoms with E-state index >= 15 is 0 Å². The summed E-state index contributed by atoms with van der Waals surface area (Å²) in [6, 6.07) is 50.2. The molecule has 2 heterocycles. The van der Waals surface area contributed by atoms with Crippen LogP contribution < -0.4 is 0 Å². The molecule has 6 aromatic carbocycles. The largest absolute Gasteiger partial charge is 0.309 e. The molecule has 8 aromatic rings. The number of hydrogen-bond acceptors (Lipinski definition) is 0. The second-order valence-corrected chi connectivity index (χ2v) is 15.4. The molecule has 0 bridgehead atoms. The number of para-hydroxylation sites is 4. The Labute approximate surface area is 275 Å². The van der Waals surface area contributed by atoms with Gasteiger partial charge in [0.1, 0.15) is 0 Å². The highest BCUT2D eigenvalue weighted by Crippen LogP contribution is 2.63. The van der Waals surface area contributed by atoms with Gasteiger partial charge in [-0.3, -0.25) is 0 Å². The number of fused-ring (bicyclic) bond motifs is 10. The van der Waals surface area contributed by atoms with Gasteiger partial charge in [0, 0.05) is 38.3 Å². The zero-order valence-corrected chi connectivity index (χ0v) is 27.5. The van der Waals surface area contributed by atoms with Crippen LogP contribution in [0.3, 0.4) is 0 Å². The molecule has 10 rings (SSSR count). The Morgan fingerprint density at radius 2 is 0.702 bits per heavy atom. The van der Waals surface area contributed by atoms with Crippen molar-refractivity contribution in [2.75, 3.05) is 0 Å². The Balaban J connectivity index is 1.24. The fraction of sp³-hybridized carbons (Fsp3) is 0.200. The summed E-state index contributed by atoms with van der Waals surface area (Å²) in [6.45, 7) is 9.84. The van der Waals surface area contributed by atoms with E-state index in [1.165, 1.54) is 77.2 Å². The van der Waals surface area contributed by atoms with Crippen LogP contribution in [0.25, 0.3) is 55.0 Å². The molecule has 2 aromatic heterocycles. The molecule has 0 saturated heterocycles. The molecule has 2 heteroatoms. The molecule has 1 spiro atoms. The van der Waals surface area contributed by atoms with Gasteiger partial charge in [-0.2, -0.15) is 0 Å². The van der Waals surface area contributed by atoms with Gasteiger partial charge in [-0.05, 0) is 94.5 Å². The lowest BCUT2D eigenvalue weighted by molar-refractivity contribution is 0.349. The van der Waals surface area contributed by atoms with Gasteiger partial charge >= 0.3 is 0 Å². The Kier molecular flexibility index (Phi) is 5.21. The van der Waals surface area contributed by atoms with Crippen LogP contribution in [0, 0.1) is 0 Å². The molecule has 228 valence electrons. The Morgan fingerprint density at radius 3 is 1.04 bits per heavy atom. The first kappa shape index (κ1) is 27.1. The number of aromatic nitrogens is 2. The number of benzene rings is 6. The summed E-state index contributed by atoms with van der Waals surface area (Å²) in [5.41, 5.74) is 13.6. The third-order valence-electron chi connectivity index (χ3n) is 11.7.